The normalized spacial score (nSPS) is 11.8. The van der Waals surface area contributed by atoms with E-state index < -0.39 is 5.97 Å². The number of carboxylic acids is 1. The lowest BCUT2D eigenvalue weighted by atomic mass is 10.2. The quantitative estimate of drug-likeness (QED) is 0.651. The van der Waals surface area contributed by atoms with Crippen molar-refractivity contribution in [3.8, 4) is 0 Å². The molecule has 0 unspecified atom stereocenters. The van der Waals surface area contributed by atoms with E-state index in [1.54, 1.807) is 6.08 Å². The molecule has 0 amide bonds. The predicted molar refractivity (Wildman–Crippen MR) is 53.9 cm³/mol. The van der Waals surface area contributed by atoms with Crippen LogP contribution in [-0.2, 0) is 4.79 Å². The highest BCUT2D eigenvalue weighted by Crippen LogP contribution is 1.98. The summed E-state index contributed by atoms with van der Waals surface area (Å²) in [6, 6.07) is 0. The molecule has 3 nitrogen and oxygen atoms in total. The first-order chi connectivity index (χ1) is 6.06. The molecule has 0 spiro atoms. The molecular weight excluding hydrogens is 190 g/mol. The van der Waals surface area contributed by atoms with Gasteiger partial charge < -0.3 is 10.4 Å². The Balaban J connectivity index is 3.87. The van der Waals surface area contributed by atoms with Crippen LogP contribution in [0.1, 0.15) is 20.3 Å². The molecular formula is C9H16ClNO2. The highest BCUT2D eigenvalue weighted by molar-refractivity contribution is 6.19. The van der Waals surface area contributed by atoms with Crippen LogP contribution in [0.2, 0.25) is 0 Å². The summed E-state index contributed by atoms with van der Waals surface area (Å²) in [5.41, 5.74) is 0.790. The topological polar surface area (TPSA) is 49.3 Å². The summed E-state index contributed by atoms with van der Waals surface area (Å²) >= 11 is 5.61. The number of hydrogen-bond acceptors (Lipinski definition) is 2. The first kappa shape index (κ1) is 12.3. The predicted octanol–water partition coefficient (Wildman–Crippen LogP) is 1.83. The molecule has 4 heteroatoms. The lowest BCUT2D eigenvalue weighted by Gasteiger charge is -2.10. The Labute approximate surface area is 83.8 Å². The second-order valence-corrected chi connectivity index (χ2v) is 3.50. The van der Waals surface area contributed by atoms with Crippen LogP contribution >= 0.6 is 11.6 Å². The standard InChI is InChI=1S/C9H16ClNO2/c1-7(2)6-11-8(5-10)3-4-9(12)13/h3,7,11H,4-6H2,1-2H3,(H,12,13). The van der Waals surface area contributed by atoms with Crippen LogP contribution in [0.5, 0.6) is 0 Å². The molecule has 13 heavy (non-hydrogen) atoms. The fraction of sp³-hybridized carbons (Fsp3) is 0.667. The zero-order valence-corrected chi connectivity index (χ0v) is 8.77. The third-order valence-electron chi connectivity index (χ3n) is 1.40. The Bertz CT molecular complexity index is 190. The van der Waals surface area contributed by atoms with E-state index in [1.807, 2.05) is 0 Å². The molecule has 0 fully saturated rings. The van der Waals surface area contributed by atoms with Crippen molar-refractivity contribution in [2.45, 2.75) is 20.3 Å². The minimum atomic E-state index is -0.839. The Morgan fingerprint density at radius 2 is 2.23 bits per heavy atom. The Kier molecular flexibility index (Phi) is 6.41. The minimum Gasteiger partial charge on any atom is -0.481 e. The fourth-order valence-electron chi connectivity index (χ4n) is 0.720. The summed E-state index contributed by atoms with van der Waals surface area (Å²) in [6.45, 7) is 4.98. The van der Waals surface area contributed by atoms with Crippen LogP contribution in [0.15, 0.2) is 11.8 Å². The van der Waals surface area contributed by atoms with Gasteiger partial charge >= 0.3 is 5.97 Å². The van der Waals surface area contributed by atoms with Crippen molar-refractivity contribution in [2.75, 3.05) is 12.4 Å². The third-order valence-corrected chi connectivity index (χ3v) is 1.69. The van der Waals surface area contributed by atoms with Crippen molar-refractivity contribution in [1.82, 2.24) is 5.32 Å². The Hall–Kier alpha value is -0.700. The molecule has 0 aliphatic carbocycles. The van der Waals surface area contributed by atoms with Gasteiger partial charge in [0.15, 0.2) is 0 Å². The average Bonchev–Trinajstić information content (AvgIpc) is 2.04. The number of carboxylic acid groups (broad SMARTS) is 1. The van der Waals surface area contributed by atoms with Gasteiger partial charge in [-0.2, -0.15) is 0 Å². The molecule has 0 atom stereocenters. The van der Waals surface area contributed by atoms with Crippen LogP contribution in [0.4, 0.5) is 0 Å². The van der Waals surface area contributed by atoms with Crippen LogP contribution in [0.3, 0.4) is 0 Å². The maximum absolute atomic E-state index is 10.2. The first-order valence-electron chi connectivity index (χ1n) is 4.27. The zero-order valence-electron chi connectivity index (χ0n) is 8.01. The minimum absolute atomic E-state index is 0.0210. The van der Waals surface area contributed by atoms with Crippen molar-refractivity contribution in [2.24, 2.45) is 5.92 Å². The van der Waals surface area contributed by atoms with Crippen LogP contribution in [0, 0.1) is 5.92 Å². The summed E-state index contributed by atoms with van der Waals surface area (Å²) < 4.78 is 0. The smallest absolute Gasteiger partial charge is 0.307 e. The van der Waals surface area contributed by atoms with E-state index in [-0.39, 0.29) is 6.42 Å². The summed E-state index contributed by atoms with van der Waals surface area (Å²) in [6.07, 6.45) is 1.63. The molecule has 0 rings (SSSR count). The van der Waals surface area contributed by atoms with Gasteiger partial charge in [-0.1, -0.05) is 19.9 Å². The van der Waals surface area contributed by atoms with Crippen molar-refractivity contribution in [1.29, 1.82) is 0 Å². The summed E-state index contributed by atoms with van der Waals surface area (Å²) in [5, 5.41) is 11.5. The van der Waals surface area contributed by atoms with Crippen molar-refractivity contribution < 1.29 is 9.90 Å². The number of aliphatic carboxylic acids is 1. The van der Waals surface area contributed by atoms with E-state index in [1.165, 1.54) is 0 Å². The molecule has 0 aromatic carbocycles. The van der Waals surface area contributed by atoms with Gasteiger partial charge in [0.25, 0.3) is 0 Å². The number of nitrogens with one attached hydrogen (secondary N) is 1. The van der Waals surface area contributed by atoms with E-state index in [0.717, 1.165) is 12.2 Å². The molecule has 0 aliphatic rings. The van der Waals surface area contributed by atoms with Crippen LogP contribution in [-0.4, -0.2) is 23.5 Å². The van der Waals surface area contributed by atoms with Crippen LogP contribution in [0.25, 0.3) is 0 Å². The van der Waals surface area contributed by atoms with Gasteiger partial charge in [-0.3, -0.25) is 4.79 Å². The second-order valence-electron chi connectivity index (χ2n) is 3.24. The SMILES string of the molecule is CC(C)CNC(=CCC(=O)O)CCl. The van der Waals surface area contributed by atoms with Crippen molar-refractivity contribution >= 4 is 17.6 Å². The third kappa shape index (κ3) is 7.65. The summed E-state index contributed by atoms with van der Waals surface area (Å²) in [5.74, 6) is 0.0189. The largest absolute Gasteiger partial charge is 0.481 e. The van der Waals surface area contributed by atoms with Gasteiger partial charge in [-0.25, -0.2) is 0 Å². The molecule has 0 heterocycles. The Morgan fingerprint density at radius 3 is 2.62 bits per heavy atom. The summed E-state index contributed by atoms with van der Waals surface area (Å²) in [7, 11) is 0. The van der Waals surface area contributed by atoms with Gasteiger partial charge in [0, 0.05) is 12.2 Å². The lowest BCUT2D eigenvalue weighted by Crippen LogP contribution is -2.20. The number of alkyl halides is 1. The lowest BCUT2D eigenvalue weighted by molar-refractivity contribution is -0.136. The Morgan fingerprint density at radius 1 is 1.62 bits per heavy atom. The van der Waals surface area contributed by atoms with Crippen molar-refractivity contribution in [3.63, 3.8) is 0 Å². The molecule has 0 radical (unpaired) electrons. The number of halogens is 1. The maximum Gasteiger partial charge on any atom is 0.307 e. The molecule has 0 aromatic rings. The molecule has 0 saturated carbocycles. The maximum atomic E-state index is 10.2. The van der Waals surface area contributed by atoms with E-state index in [4.69, 9.17) is 16.7 Å². The second kappa shape index (κ2) is 6.78. The number of rotatable bonds is 6. The van der Waals surface area contributed by atoms with Gasteiger partial charge in [-0.05, 0) is 5.92 Å². The van der Waals surface area contributed by atoms with Crippen LogP contribution < -0.4 is 5.32 Å². The summed E-state index contributed by atoms with van der Waals surface area (Å²) in [4.78, 5) is 10.2. The van der Waals surface area contributed by atoms with Gasteiger partial charge in [0.1, 0.15) is 0 Å². The molecule has 0 aromatic heterocycles. The van der Waals surface area contributed by atoms with Gasteiger partial charge in [-0.15, -0.1) is 11.6 Å². The highest BCUT2D eigenvalue weighted by Gasteiger charge is 1.98. The monoisotopic (exact) mass is 205 g/mol. The zero-order chi connectivity index (χ0) is 10.3. The van der Waals surface area contributed by atoms with E-state index >= 15 is 0 Å². The number of allylic oxidation sites excluding steroid dienone is 1. The first-order valence-corrected chi connectivity index (χ1v) is 4.80. The average molecular weight is 206 g/mol. The molecule has 76 valence electrons. The van der Waals surface area contributed by atoms with E-state index in [0.29, 0.717) is 11.8 Å². The van der Waals surface area contributed by atoms with E-state index in [2.05, 4.69) is 19.2 Å². The molecule has 0 aliphatic heterocycles. The van der Waals surface area contributed by atoms with Gasteiger partial charge in [0.05, 0.1) is 12.3 Å². The fourth-order valence-corrected chi connectivity index (χ4v) is 0.923. The molecule has 0 saturated heterocycles. The van der Waals surface area contributed by atoms with E-state index in [9.17, 15) is 4.79 Å². The number of hydrogen-bond donors (Lipinski definition) is 2. The molecule has 2 N–H and O–H groups in total. The van der Waals surface area contributed by atoms with Gasteiger partial charge in [0.2, 0.25) is 0 Å². The number of carbonyl (C=O) groups is 1. The molecule has 0 bridgehead atoms. The van der Waals surface area contributed by atoms with Crippen molar-refractivity contribution in [3.05, 3.63) is 11.8 Å². The highest BCUT2D eigenvalue weighted by atomic mass is 35.5.